The third-order valence-electron chi connectivity index (χ3n) is 2.50. The lowest BCUT2D eigenvalue weighted by Gasteiger charge is -2.06. The molecule has 6 heteroatoms. The minimum atomic E-state index is -0.252. The van der Waals surface area contributed by atoms with E-state index in [0.29, 0.717) is 28.7 Å². The van der Waals surface area contributed by atoms with Gasteiger partial charge in [-0.1, -0.05) is 29.3 Å². The number of rotatable bonds is 4. The van der Waals surface area contributed by atoms with Gasteiger partial charge >= 0.3 is 0 Å². The Morgan fingerprint density at radius 1 is 1.26 bits per heavy atom. The largest absolute Gasteiger partial charge is 0.350 e. The van der Waals surface area contributed by atoms with Gasteiger partial charge in [0.2, 0.25) is 0 Å². The van der Waals surface area contributed by atoms with E-state index in [1.807, 2.05) is 6.07 Å². The molecule has 0 bridgehead atoms. The molecule has 1 aromatic heterocycles. The van der Waals surface area contributed by atoms with Crippen molar-refractivity contribution in [1.29, 1.82) is 0 Å². The minimum absolute atomic E-state index is 0.252. The van der Waals surface area contributed by atoms with E-state index >= 15 is 0 Å². The molecule has 0 aliphatic rings. The molecule has 1 heterocycles. The quantitative estimate of drug-likeness (QED) is 0.944. The van der Waals surface area contributed by atoms with E-state index in [9.17, 15) is 4.79 Å². The molecule has 0 fully saturated rings. The Kier molecular flexibility index (Phi) is 4.71. The highest BCUT2D eigenvalue weighted by Crippen LogP contribution is 2.20. The predicted molar refractivity (Wildman–Crippen MR) is 74.5 cm³/mol. The Morgan fingerprint density at radius 2 is 2.11 bits per heavy atom. The summed E-state index contributed by atoms with van der Waals surface area (Å²) in [4.78, 5) is 11.7. The number of halogens is 2. The van der Waals surface area contributed by atoms with Crippen LogP contribution in [0.25, 0.3) is 0 Å². The van der Waals surface area contributed by atoms with Crippen molar-refractivity contribution in [2.24, 2.45) is 0 Å². The summed E-state index contributed by atoms with van der Waals surface area (Å²) in [7, 11) is 0. The zero-order valence-electron chi connectivity index (χ0n) is 9.94. The van der Waals surface area contributed by atoms with Crippen molar-refractivity contribution in [3.8, 4) is 0 Å². The molecule has 4 nitrogen and oxygen atoms in total. The molecule has 2 rings (SSSR count). The Hall–Kier alpha value is -1.65. The van der Waals surface area contributed by atoms with Crippen LogP contribution >= 0.6 is 23.2 Å². The summed E-state index contributed by atoms with van der Waals surface area (Å²) in [6, 6.07) is 8.57. The first-order valence-corrected chi connectivity index (χ1v) is 6.42. The van der Waals surface area contributed by atoms with Crippen LogP contribution in [0.1, 0.15) is 16.1 Å². The molecule has 1 amide bonds. The van der Waals surface area contributed by atoms with E-state index < -0.39 is 0 Å². The molecule has 0 radical (unpaired) electrons. The van der Waals surface area contributed by atoms with Gasteiger partial charge in [-0.3, -0.25) is 4.79 Å². The van der Waals surface area contributed by atoms with Crippen LogP contribution in [0, 0.1) is 0 Å². The van der Waals surface area contributed by atoms with Gasteiger partial charge in [-0.15, -0.1) is 5.10 Å². The first kappa shape index (κ1) is 13.8. The molecule has 19 heavy (non-hydrogen) atoms. The number of benzene rings is 1. The molecule has 0 spiro atoms. The second-order valence-electron chi connectivity index (χ2n) is 3.85. The van der Waals surface area contributed by atoms with Gasteiger partial charge in [0.05, 0.1) is 0 Å². The van der Waals surface area contributed by atoms with Gasteiger partial charge in [0.25, 0.3) is 5.91 Å². The molecule has 0 saturated carbocycles. The summed E-state index contributed by atoms with van der Waals surface area (Å²) in [5.74, 6) is -0.252. The standard InChI is InChI=1S/C13H11Cl2N3O/c14-10-4-3-9(11(15)8-10)5-7-16-13(19)12-2-1-6-17-18-12/h1-4,6,8H,5,7H2,(H,16,19). The normalized spacial score (nSPS) is 10.2. The monoisotopic (exact) mass is 295 g/mol. The molecule has 0 aliphatic heterocycles. The fourth-order valence-electron chi connectivity index (χ4n) is 1.55. The Bertz CT molecular complexity index is 575. The fraction of sp³-hybridized carbons (Fsp3) is 0.154. The number of nitrogens with zero attached hydrogens (tertiary/aromatic N) is 2. The third-order valence-corrected chi connectivity index (χ3v) is 3.09. The number of aromatic nitrogens is 2. The highest BCUT2D eigenvalue weighted by atomic mass is 35.5. The summed E-state index contributed by atoms with van der Waals surface area (Å²) in [5.41, 5.74) is 1.23. The van der Waals surface area contributed by atoms with Crippen LogP contribution in [-0.2, 0) is 6.42 Å². The van der Waals surface area contributed by atoms with E-state index in [4.69, 9.17) is 23.2 Å². The van der Waals surface area contributed by atoms with Crippen molar-refractivity contribution < 1.29 is 4.79 Å². The zero-order valence-corrected chi connectivity index (χ0v) is 11.4. The molecule has 0 unspecified atom stereocenters. The van der Waals surface area contributed by atoms with Crippen LogP contribution in [0.15, 0.2) is 36.5 Å². The van der Waals surface area contributed by atoms with Gasteiger partial charge in [0.15, 0.2) is 5.69 Å². The number of nitrogens with one attached hydrogen (secondary N) is 1. The Balaban J connectivity index is 1.88. The van der Waals surface area contributed by atoms with Gasteiger partial charge in [-0.05, 0) is 36.2 Å². The van der Waals surface area contributed by atoms with Crippen molar-refractivity contribution in [1.82, 2.24) is 15.5 Å². The molecule has 0 saturated heterocycles. The summed E-state index contributed by atoms with van der Waals surface area (Å²) >= 11 is 11.9. The number of amides is 1. The molecule has 98 valence electrons. The lowest BCUT2D eigenvalue weighted by Crippen LogP contribution is -2.26. The molecule has 1 aromatic carbocycles. The lowest BCUT2D eigenvalue weighted by atomic mass is 10.1. The van der Waals surface area contributed by atoms with E-state index in [0.717, 1.165) is 5.56 Å². The van der Waals surface area contributed by atoms with Crippen LogP contribution in [0.5, 0.6) is 0 Å². The molecular formula is C13H11Cl2N3O. The van der Waals surface area contributed by atoms with Crippen LogP contribution in [0.2, 0.25) is 10.0 Å². The predicted octanol–water partition coefficient (Wildman–Crippen LogP) is 2.76. The second kappa shape index (κ2) is 6.50. The Morgan fingerprint density at radius 3 is 2.79 bits per heavy atom. The SMILES string of the molecule is O=C(NCCc1ccc(Cl)cc1Cl)c1cccnn1. The number of hydrogen-bond acceptors (Lipinski definition) is 3. The highest BCUT2D eigenvalue weighted by Gasteiger charge is 2.07. The van der Waals surface area contributed by atoms with Gasteiger partial charge < -0.3 is 5.32 Å². The average Bonchev–Trinajstić information content (AvgIpc) is 2.42. The van der Waals surface area contributed by atoms with E-state index in [1.54, 1.807) is 24.3 Å². The first-order valence-electron chi connectivity index (χ1n) is 5.66. The number of hydrogen-bond donors (Lipinski definition) is 1. The zero-order chi connectivity index (χ0) is 13.7. The summed E-state index contributed by atoms with van der Waals surface area (Å²) in [5, 5.41) is 11.3. The molecule has 1 N–H and O–H groups in total. The van der Waals surface area contributed by atoms with Gasteiger partial charge in [0.1, 0.15) is 0 Å². The van der Waals surface area contributed by atoms with Crippen molar-refractivity contribution >= 4 is 29.1 Å². The van der Waals surface area contributed by atoms with Gasteiger partial charge in [0, 0.05) is 22.8 Å². The summed E-state index contributed by atoms with van der Waals surface area (Å²) in [6.45, 7) is 0.469. The molecule has 0 atom stereocenters. The fourth-order valence-corrected chi connectivity index (χ4v) is 2.05. The van der Waals surface area contributed by atoms with E-state index in [-0.39, 0.29) is 5.91 Å². The molecular weight excluding hydrogens is 285 g/mol. The van der Waals surface area contributed by atoms with Crippen LogP contribution in [-0.4, -0.2) is 22.6 Å². The average molecular weight is 296 g/mol. The molecule has 2 aromatic rings. The maximum absolute atomic E-state index is 11.7. The minimum Gasteiger partial charge on any atom is -0.350 e. The van der Waals surface area contributed by atoms with Crippen molar-refractivity contribution in [2.45, 2.75) is 6.42 Å². The topological polar surface area (TPSA) is 54.9 Å². The summed E-state index contributed by atoms with van der Waals surface area (Å²) in [6.07, 6.45) is 2.15. The highest BCUT2D eigenvalue weighted by molar-refractivity contribution is 6.35. The second-order valence-corrected chi connectivity index (χ2v) is 4.69. The number of carbonyl (C=O) groups excluding carboxylic acids is 1. The van der Waals surface area contributed by atoms with Crippen LogP contribution in [0.3, 0.4) is 0 Å². The number of carbonyl (C=O) groups is 1. The summed E-state index contributed by atoms with van der Waals surface area (Å²) < 4.78 is 0. The van der Waals surface area contributed by atoms with E-state index in [1.165, 1.54) is 6.20 Å². The van der Waals surface area contributed by atoms with Crippen molar-refractivity contribution in [3.63, 3.8) is 0 Å². The molecule has 0 aliphatic carbocycles. The van der Waals surface area contributed by atoms with Crippen molar-refractivity contribution in [3.05, 3.63) is 57.8 Å². The van der Waals surface area contributed by atoms with Gasteiger partial charge in [-0.2, -0.15) is 5.10 Å². The Labute approximate surface area is 120 Å². The van der Waals surface area contributed by atoms with Gasteiger partial charge in [-0.25, -0.2) is 0 Å². The third kappa shape index (κ3) is 3.91. The maximum atomic E-state index is 11.7. The maximum Gasteiger partial charge on any atom is 0.271 e. The van der Waals surface area contributed by atoms with Crippen molar-refractivity contribution in [2.75, 3.05) is 6.54 Å². The first-order chi connectivity index (χ1) is 9.16. The smallest absolute Gasteiger partial charge is 0.271 e. The van der Waals surface area contributed by atoms with E-state index in [2.05, 4.69) is 15.5 Å². The van der Waals surface area contributed by atoms with Crippen LogP contribution < -0.4 is 5.32 Å². The lowest BCUT2D eigenvalue weighted by molar-refractivity contribution is 0.0948. The van der Waals surface area contributed by atoms with Crippen LogP contribution in [0.4, 0.5) is 0 Å².